The molecule has 0 aliphatic carbocycles. The number of anilines is 1. The van der Waals surface area contributed by atoms with E-state index in [2.05, 4.69) is 5.32 Å². The number of fused-ring (bicyclic) bond motifs is 1. The molecule has 3 rings (SSSR count). The van der Waals surface area contributed by atoms with Gasteiger partial charge in [-0.2, -0.15) is 11.8 Å². The number of amides is 3. The summed E-state index contributed by atoms with van der Waals surface area (Å²) in [6, 6.07) is 12.6. The molecular weight excluding hydrogens is 348 g/mol. The lowest BCUT2D eigenvalue weighted by Crippen LogP contribution is -2.32. The van der Waals surface area contributed by atoms with Crippen molar-refractivity contribution in [1.29, 1.82) is 0 Å². The number of hydrogen-bond acceptors (Lipinski definition) is 4. The van der Waals surface area contributed by atoms with Crippen molar-refractivity contribution in [3.63, 3.8) is 0 Å². The number of nitrogens with one attached hydrogen (secondary N) is 1. The highest BCUT2D eigenvalue weighted by molar-refractivity contribution is 7.99. The van der Waals surface area contributed by atoms with Crippen LogP contribution < -0.4 is 5.32 Å². The van der Waals surface area contributed by atoms with Crippen molar-refractivity contribution in [1.82, 2.24) is 4.90 Å². The zero-order valence-electron chi connectivity index (χ0n) is 14.7. The van der Waals surface area contributed by atoms with Crippen LogP contribution in [0.25, 0.3) is 0 Å². The van der Waals surface area contributed by atoms with E-state index in [9.17, 15) is 14.4 Å². The molecule has 2 aromatic carbocycles. The third kappa shape index (κ3) is 3.65. The van der Waals surface area contributed by atoms with Gasteiger partial charge in [-0.15, -0.1) is 0 Å². The minimum atomic E-state index is -0.258. The normalized spacial score (nSPS) is 13.1. The summed E-state index contributed by atoms with van der Waals surface area (Å²) in [5, 5.41) is 2.90. The molecule has 3 amide bonds. The summed E-state index contributed by atoms with van der Waals surface area (Å²) in [6.07, 6.45) is 0. The van der Waals surface area contributed by atoms with Gasteiger partial charge in [0.1, 0.15) is 0 Å². The van der Waals surface area contributed by atoms with E-state index in [0.29, 0.717) is 23.4 Å². The van der Waals surface area contributed by atoms with Crippen LogP contribution >= 0.6 is 11.8 Å². The molecule has 2 aromatic rings. The van der Waals surface area contributed by atoms with Gasteiger partial charge in [-0.05, 0) is 43.2 Å². The summed E-state index contributed by atoms with van der Waals surface area (Å²) in [7, 11) is 0. The molecule has 26 heavy (non-hydrogen) atoms. The number of carbonyl (C=O) groups is 3. The largest absolute Gasteiger partial charge is 0.325 e. The number of imide groups is 1. The Bertz CT molecular complexity index is 844. The standard InChI is InChI=1S/C20H20N2O3S/c1-13-6-5-9-17(14(13)2)21-18(23)12-26-11-10-22-19(24)15-7-3-4-8-16(15)20(22)25/h3-9H,10-12H2,1-2H3,(H,21,23). The fraction of sp³-hybridized carbons (Fsp3) is 0.250. The molecule has 1 N–H and O–H groups in total. The maximum Gasteiger partial charge on any atom is 0.261 e. The molecule has 0 atom stereocenters. The molecule has 1 aliphatic heterocycles. The van der Waals surface area contributed by atoms with Crippen molar-refractivity contribution in [2.24, 2.45) is 0 Å². The summed E-state index contributed by atoms with van der Waals surface area (Å²) >= 11 is 1.40. The minimum absolute atomic E-state index is 0.0916. The Morgan fingerprint density at radius 2 is 1.65 bits per heavy atom. The van der Waals surface area contributed by atoms with Gasteiger partial charge in [0.15, 0.2) is 0 Å². The Labute approximate surface area is 156 Å². The summed E-state index contributed by atoms with van der Waals surface area (Å²) in [6.45, 7) is 4.27. The van der Waals surface area contributed by atoms with Crippen LogP contribution in [0, 0.1) is 13.8 Å². The van der Waals surface area contributed by atoms with Crippen LogP contribution in [0.5, 0.6) is 0 Å². The number of hydrogen-bond donors (Lipinski definition) is 1. The van der Waals surface area contributed by atoms with Crippen molar-refractivity contribution in [3.8, 4) is 0 Å². The van der Waals surface area contributed by atoms with Crippen LogP contribution in [-0.4, -0.2) is 40.7 Å². The monoisotopic (exact) mass is 368 g/mol. The molecule has 0 radical (unpaired) electrons. The zero-order chi connectivity index (χ0) is 18.7. The smallest absolute Gasteiger partial charge is 0.261 e. The van der Waals surface area contributed by atoms with E-state index in [1.54, 1.807) is 24.3 Å². The quantitative estimate of drug-likeness (QED) is 0.628. The van der Waals surface area contributed by atoms with Gasteiger partial charge in [0.25, 0.3) is 11.8 Å². The molecule has 6 heteroatoms. The molecule has 0 bridgehead atoms. The highest BCUT2D eigenvalue weighted by atomic mass is 32.2. The summed E-state index contributed by atoms with van der Waals surface area (Å²) in [5.74, 6) is 0.186. The van der Waals surface area contributed by atoms with E-state index in [0.717, 1.165) is 16.8 Å². The van der Waals surface area contributed by atoms with Crippen molar-refractivity contribution in [3.05, 3.63) is 64.7 Å². The number of rotatable bonds is 6. The third-order valence-electron chi connectivity index (χ3n) is 4.45. The van der Waals surface area contributed by atoms with Crippen molar-refractivity contribution >= 4 is 35.2 Å². The Morgan fingerprint density at radius 1 is 1.00 bits per heavy atom. The number of thioether (sulfide) groups is 1. The molecule has 0 aromatic heterocycles. The first kappa shape index (κ1) is 18.2. The van der Waals surface area contributed by atoms with Crippen LogP contribution in [0.15, 0.2) is 42.5 Å². The SMILES string of the molecule is Cc1cccc(NC(=O)CSCCN2C(=O)c3ccccc3C2=O)c1C. The first-order chi connectivity index (χ1) is 12.5. The summed E-state index contributed by atoms with van der Waals surface area (Å²) in [5.41, 5.74) is 3.90. The number of benzene rings is 2. The van der Waals surface area contributed by atoms with E-state index in [-0.39, 0.29) is 23.5 Å². The highest BCUT2D eigenvalue weighted by Gasteiger charge is 2.34. The van der Waals surface area contributed by atoms with E-state index < -0.39 is 0 Å². The third-order valence-corrected chi connectivity index (χ3v) is 5.39. The molecule has 0 unspecified atom stereocenters. The van der Waals surface area contributed by atoms with Gasteiger partial charge < -0.3 is 5.32 Å². The summed E-state index contributed by atoms with van der Waals surface area (Å²) < 4.78 is 0. The van der Waals surface area contributed by atoms with E-state index >= 15 is 0 Å². The van der Waals surface area contributed by atoms with Crippen molar-refractivity contribution < 1.29 is 14.4 Å². The van der Waals surface area contributed by atoms with Crippen LogP contribution in [0.3, 0.4) is 0 Å². The fourth-order valence-electron chi connectivity index (χ4n) is 2.84. The lowest BCUT2D eigenvalue weighted by molar-refractivity contribution is -0.113. The highest BCUT2D eigenvalue weighted by Crippen LogP contribution is 2.23. The van der Waals surface area contributed by atoms with Crippen molar-refractivity contribution in [2.75, 3.05) is 23.4 Å². The Balaban J connectivity index is 1.48. The molecule has 0 saturated heterocycles. The van der Waals surface area contributed by atoms with Gasteiger partial charge >= 0.3 is 0 Å². The molecule has 1 aliphatic rings. The molecule has 5 nitrogen and oxygen atoms in total. The minimum Gasteiger partial charge on any atom is -0.325 e. The number of nitrogens with zero attached hydrogens (tertiary/aromatic N) is 1. The second-order valence-electron chi connectivity index (χ2n) is 6.16. The lowest BCUT2D eigenvalue weighted by atomic mass is 10.1. The Morgan fingerprint density at radius 3 is 2.31 bits per heavy atom. The second kappa shape index (κ2) is 7.74. The van der Waals surface area contributed by atoms with Gasteiger partial charge in [-0.3, -0.25) is 19.3 Å². The average molecular weight is 368 g/mol. The number of carbonyl (C=O) groups excluding carboxylic acids is 3. The molecule has 134 valence electrons. The second-order valence-corrected chi connectivity index (χ2v) is 7.26. The van der Waals surface area contributed by atoms with Gasteiger partial charge in [-0.1, -0.05) is 24.3 Å². The van der Waals surface area contributed by atoms with E-state index in [1.165, 1.54) is 16.7 Å². The van der Waals surface area contributed by atoms with Crippen LogP contribution in [0.2, 0.25) is 0 Å². The molecule has 0 fully saturated rings. The first-order valence-corrected chi connectivity index (χ1v) is 9.53. The Hall–Kier alpha value is -2.60. The molecular formula is C20H20N2O3S. The first-order valence-electron chi connectivity index (χ1n) is 8.38. The van der Waals surface area contributed by atoms with Crippen LogP contribution in [-0.2, 0) is 4.79 Å². The van der Waals surface area contributed by atoms with E-state index in [1.807, 2.05) is 32.0 Å². The number of aryl methyl sites for hydroxylation is 1. The fourth-order valence-corrected chi connectivity index (χ4v) is 3.55. The average Bonchev–Trinajstić information content (AvgIpc) is 2.87. The maximum atomic E-state index is 12.3. The Kier molecular flexibility index (Phi) is 5.42. The summed E-state index contributed by atoms with van der Waals surface area (Å²) in [4.78, 5) is 37.9. The molecule has 0 spiro atoms. The molecule has 0 saturated carbocycles. The van der Waals surface area contributed by atoms with Crippen molar-refractivity contribution in [2.45, 2.75) is 13.8 Å². The van der Waals surface area contributed by atoms with Crippen LogP contribution in [0.1, 0.15) is 31.8 Å². The van der Waals surface area contributed by atoms with E-state index in [4.69, 9.17) is 0 Å². The lowest BCUT2D eigenvalue weighted by Gasteiger charge is -2.13. The zero-order valence-corrected chi connectivity index (χ0v) is 15.6. The predicted octanol–water partition coefficient (Wildman–Crippen LogP) is 3.27. The van der Waals surface area contributed by atoms with Crippen LogP contribution in [0.4, 0.5) is 5.69 Å². The maximum absolute atomic E-state index is 12.3. The van der Waals surface area contributed by atoms with Gasteiger partial charge in [0.2, 0.25) is 5.91 Å². The van der Waals surface area contributed by atoms with Gasteiger partial charge in [0.05, 0.1) is 16.9 Å². The predicted molar refractivity (Wildman–Crippen MR) is 104 cm³/mol. The van der Waals surface area contributed by atoms with Gasteiger partial charge in [-0.25, -0.2) is 0 Å². The molecule has 1 heterocycles. The van der Waals surface area contributed by atoms with Gasteiger partial charge in [0, 0.05) is 18.0 Å². The topological polar surface area (TPSA) is 66.5 Å².